The topological polar surface area (TPSA) is 72.8 Å². The van der Waals surface area contributed by atoms with Crippen molar-refractivity contribution in [3.05, 3.63) is 12.2 Å². The van der Waals surface area contributed by atoms with Crippen molar-refractivity contribution in [3.8, 4) is 0 Å². The second-order valence-electron chi connectivity index (χ2n) is 2.40. The third kappa shape index (κ3) is 5.58. The maximum absolute atomic E-state index is 11.0. The summed E-state index contributed by atoms with van der Waals surface area (Å²) >= 11 is 0. The Labute approximate surface area is 76.9 Å². The van der Waals surface area contributed by atoms with Crippen molar-refractivity contribution >= 4 is 13.6 Å². The zero-order chi connectivity index (χ0) is 10.5. The predicted molar refractivity (Wildman–Crippen MR) is 47.2 cm³/mol. The fourth-order valence-electron chi connectivity index (χ4n) is 0.502. The van der Waals surface area contributed by atoms with Crippen molar-refractivity contribution in [2.45, 2.75) is 13.8 Å². The summed E-state index contributed by atoms with van der Waals surface area (Å²) in [5.74, 6) is -0.700. The normalized spacial score (nSPS) is 14.7. The van der Waals surface area contributed by atoms with E-state index in [1.54, 1.807) is 6.92 Å². The molecule has 13 heavy (non-hydrogen) atoms. The van der Waals surface area contributed by atoms with Gasteiger partial charge in [-0.05, 0) is 13.8 Å². The van der Waals surface area contributed by atoms with Crippen LogP contribution in [0.4, 0.5) is 0 Å². The van der Waals surface area contributed by atoms with Gasteiger partial charge in [0.25, 0.3) is 0 Å². The van der Waals surface area contributed by atoms with Crippen LogP contribution in [0.15, 0.2) is 12.2 Å². The van der Waals surface area contributed by atoms with Gasteiger partial charge in [0.1, 0.15) is 0 Å². The maximum atomic E-state index is 11.0. The Balaban J connectivity index is 3.95. The highest BCUT2D eigenvalue weighted by Gasteiger charge is 2.21. The summed E-state index contributed by atoms with van der Waals surface area (Å²) in [6.07, 6.45) is -0.632. The van der Waals surface area contributed by atoms with Crippen molar-refractivity contribution in [1.29, 1.82) is 0 Å². The van der Waals surface area contributed by atoms with Gasteiger partial charge in [0.05, 0.1) is 6.61 Å². The van der Waals surface area contributed by atoms with E-state index in [9.17, 15) is 9.36 Å². The van der Waals surface area contributed by atoms with Gasteiger partial charge in [-0.1, -0.05) is 6.58 Å². The predicted octanol–water partition coefficient (Wildman–Crippen LogP) is 1.29. The highest BCUT2D eigenvalue weighted by atomic mass is 31.2. The molecule has 5 nitrogen and oxygen atoms in total. The molecule has 1 N–H and O–H groups in total. The second-order valence-corrected chi connectivity index (χ2v) is 4.19. The number of carbonyl (C=O) groups is 1. The quantitative estimate of drug-likeness (QED) is 0.418. The molecule has 0 aromatic rings. The average Bonchev–Trinajstić information content (AvgIpc) is 2.00. The average molecular weight is 208 g/mol. The van der Waals surface area contributed by atoms with Crippen molar-refractivity contribution < 1.29 is 23.5 Å². The molecule has 1 unspecified atom stereocenters. The van der Waals surface area contributed by atoms with Crippen LogP contribution >= 0.6 is 7.60 Å². The number of hydrogen-bond acceptors (Lipinski definition) is 4. The molecule has 0 aliphatic rings. The summed E-state index contributed by atoms with van der Waals surface area (Å²) in [5, 5.41) is 0. The lowest BCUT2D eigenvalue weighted by molar-refractivity contribution is -0.137. The lowest BCUT2D eigenvalue weighted by Crippen LogP contribution is -2.07. The lowest BCUT2D eigenvalue weighted by atomic mass is 10.4. The first-order valence-electron chi connectivity index (χ1n) is 3.68. The molecule has 0 aliphatic carbocycles. The molecule has 0 aliphatic heterocycles. The van der Waals surface area contributed by atoms with Gasteiger partial charge in [-0.2, -0.15) is 0 Å². The second kappa shape index (κ2) is 5.17. The zero-order valence-corrected chi connectivity index (χ0v) is 8.54. The van der Waals surface area contributed by atoms with E-state index < -0.39 is 19.9 Å². The Morgan fingerprint density at radius 1 is 1.62 bits per heavy atom. The lowest BCUT2D eigenvalue weighted by Gasteiger charge is -2.10. The summed E-state index contributed by atoms with van der Waals surface area (Å²) in [7, 11) is -3.77. The minimum atomic E-state index is -3.77. The first kappa shape index (κ1) is 12.4. The molecule has 0 bridgehead atoms. The standard InChI is InChI=1S/C7H13O5P/c1-4-12-13(9,10)5-11-7(8)6(2)3/h2,4-5H2,1,3H3,(H,9,10). The molecule has 0 amide bonds. The third-order valence-electron chi connectivity index (χ3n) is 1.04. The molecule has 0 fully saturated rings. The molecule has 1 atom stereocenters. The van der Waals surface area contributed by atoms with Crippen LogP contribution in [0.5, 0.6) is 0 Å². The van der Waals surface area contributed by atoms with Crippen LogP contribution in [-0.2, 0) is 18.6 Å². The summed E-state index contributed by atoms with van der Waals surface area (Å²) in [4.78, 5) is 19.8. The molecule has 0 heterocycles. The van der Waals surface area contributed by atoms with Gasteiger partial charge >= 0.3 is 13.6 Å². The minimum Gasteiger partial charge on any atom is -0.449 e. The van der Waals surface area contributed by atoms with E-state index >= 15 is 0 Å². The maximum Gasteiger partial charge on any atom is 0.365 e. The molecular weight excluding hydrogens is 195 g/mol. The molecule has 6 heteroatoms. The van der Waals surface area contributed by atoms with Gasteiger partial charge < -0.3 is 14.2 Å². The Morgan fingerprint density at radius 2 is 2.15 bits per heavy atom. The van der Waals surface area contributed by atoms with Gasteiger partial charge in [0.2, 0.25) is 0 Å². The Bertz CT molecular complexity index is 247. The minimum absolute atomic E-state index is 0.0956. The Kier molecular flexibility index (Phi) is 4.91. The first-order valence-corrected chi connectivity index (χ1v) is 5.44. The Morgan fingerprint density at radius 3 is 2.54 bits per heavy atom. The zero-order valence-electron chi connectivity index (χ0n) is 7.65. The van der Waals surface area contributed by atoms with E-state index in [4.69, 9.17) is 4.89 Å². The number of carbonyl (C=O) groups excluding carboxylic acids is 1. The third-order valence-corrected chi connectivity index (χ3v) is 2.16. The number of esters is 1. The van der Waals surface area contributed by atoms with E-state index in [2.05, 4.69) is 15.8 Å². The summed E-state index contributed by atoms with van der Waals surface area (Å²) < 4.78 is 19.9. The van der Waals surface area contributed by atoms with E-state index in [1.165, 1.54) is 6.92 Å². The largest absolute Gasteiger partial charge is 0.449 e. The highest BCUT2D eigenvalue weighted by molar-refractivity contribution is 7.52. The van der Waals surface area contributed by atoms with Gasteiger partial charge in [-0.15, -0.1) is 0 Å². The van der Waals surface area contributed by atoms with E-state index in [1.807, 2.05) is 0 Å². The van der Waals surface area contributed by atoms with Crippen LogP contribution in [0.3, 0.4) is 0 Å². The van der Waals surface area contributed by atoms with E-state index in [-0.39, 0.29) is 12.2 Å². The first-order chi connectivity index (χ1) is 5.89. The fraction of sp³-hybridized carbons (Fsp3) is 0.571. The van der Waals surface area contributed by atoms with Gasteiger partial charge in [-0.3, -0.25) is 4.57 Å². The smallest absolute Gasteiger partial charge is 0.365 e. The van der Waals surface area contributed by atoms with Crippen LogP contribution in [-0.4, -0.2) is 23.8 Å². The van der Waals surface area contributed by atoms with E-state index in [0.717, 1.165) is 0 Å². The fourth-order valence-corrected chi connectivity index (χ4v) is 1.26. The summed E-state index contributed by atoms with van der Waals surface area (Å²) in [6, 6.07) is 0. The molecule has 0 aromatic heterocycles. The molecule has 0 saturated carbocycles. The van der Waals surface area contributed by atoms with Gasteiger partial charge in [-0.25, -0.2) is 4.79 Å². The highest BCUT2D eigenvalue weighted by Crippen LogP contribution is 2.41. The molecular formula is C7H13O5P. The van der Waals surface area contributed by atoms with Crippen LogP contribution in [0, 0.1) is 0 Å². The molecule has 0 rings (SSSR count). The number of ether oxygens (including phenoxy) is 1. The monoisotopic (exact) mass is 208 g/mol. The molecule has 0 saturated heterocycles. The Hall–Kier alpha value is -0.640. The van der Waals surface area contributed by atoms with Crippen LogP contribution < -0.4 is 0 Å². The van der Waals surface area contributed by atoms with Crippen molar-refractivity contribution in [2.75, 3.05) is 13.0 Å². The van der Waals surface area contributed by atoms with Gasteiger partial charge in [0.15, 0.2) is 6.35 Å². The molecule has 0 aromatic carbocycles. The molecule has 0 radical (unpaired) electrons. The van der Waals surface area contributed by atoms with Crippen molar-refractivity contribution in [2.24, 2.45) is 0 Å². The summed E-state index contributed by atoms with van der Waals surface area (Å²) in [5.41, 5.74) is 0.177. The molecule has 76 valence electrons. The van der Waals surface area contributed by atoms with Crippen LogP contribution in [0.2, 0.25) is 0 Å². The van der Waals surface area contributed by atoms with Gasteiger partial charge in [0, 0.05) is 5.57 Å². The van der Waals surface area contributed by atoms with Crippen molar-refractivity contribution in [1.82, 2.24) is 0 Å². The summed E-state index contributed by atoms with van der Waals surface area (Å²) in [6.45, 7) is 6.43. The number of rotatable bonds is 5. The molecule has 0 spiro atoms. The van der Waals surface area contributed by atoms with Crippen molar-refractivity contribution in [3.63, 3.8) is 0 Å². The SMILES string of the molecule is C=C(C)C(=O)OCP(=O)(O)OCC. The van der Waals surface area contributed by atoms with E-state index in [0.29, 0.717) is 0 Å². The van der Waals surface area contributed by atoms with Crippen LogP contribution in [0.25, 0.3) is 0 Å². The number of hydrogen-bond donors (Lipinski definition) is 1. The van der Waals surface area contributed by atoms with Crippen LogP contribution in [0.1, 0.15) is 13.8 Å².